The maximum Gasteiger partial charge on any atom is 0.123 e. The molecule has 0 unspecified atom stereocenters. The van der Waals surface area contributed by atoms with Gasteiger partial charge in [0.2, 0.25) is 0 Å². The molecule has 2 aromatic rings. The number of rotatable bonds is 5. The summed E-state index contributed by atoms with van der Waals surface area (Å²) < 4.78 is 12.8. The van der Waals surface area contributed by atoms with E-state index in [1.54, 1.807) is 11.3 Å². The van der Waals surface area contributed by atoms with E-state index in [0.29, 0.717) is 0 Å². The van der Waals surface area contributed by atoms with Crippen molar-refractivity contribution in [1.82, 2.24) is 10.3 Å². The smallest absolute Gasteiger partial charge is 0.123 e. The quantitative estimate of drug-likeness (QED) is 0.897. The van der Waals surface area contributed by atoms with Crippen LogP contribution in [0.1, 0.15) is 41.4 Å². The molecule has 1 saturated carbocycles. The zero-order chi connectivity index (χ0) is 13.1. The van der Waals surface area contributed by atoms with E-state index in [2.05, 4.69) is 15.7 Å². The van der Waals surface area contributed by atoms with Crippen molar-refractivity contribution in [2.24, 2.45) is 0 Å². The van der Waals surface area contributed by atoms with E-state index >= 15 is 0 Å². The summed E-state index contributed by atoms with van der Waals surface area (Å²) in [7, 11) is 0. The number of thiazole rings is 1. The number of hydrogen-bond acceptors (Lipinski definition) is 3. The van der Waals surface area contributed by atoms with Crippen molar-refractivity contribution in [3.05, 3.63) is 51.7 Å². The molecule has 1 heterocycles. The molecule has 4 heteroatoms. The number of benzene rings is 1. The molecule has 1 aliphatic rings. The second-order valence-corrected chi connectivity index (χ2v) is 5.92. The number of halogens is 1. The van der Waals surface area contributed by atoms with Gasteiger partial charge in [0, 0.05) is 24.4 Å². The topological polar surface area (TPSA) is 24.9 Å². The first-order chi connectivity index (χ1) is 9.31. The summed E-state index contributed by atoms with van der Waals surface area (Å²) in [6.07, 6.45) is 3.95. The Balaban J connectivity index is 1.49. The molecule has 0 saturated heterocycles. The fraction of sp³-hybridized carbons (Fsp3) is 0.400. The highest BCUT2D eigenvalue weighted by atomic mass is 32.1. The van der Waals surface area contributed by atoms with Crippen LogP contribution in [0.5, 0.6) is 0 Å². The molecule has 2 nitrogen and oxygen atoms in total. The fourth-order valence-electron chi connectivity index (χ4n) is 2.18. The summed E-state index contributed by atoms with van der Waals surface area (Å²) in [4.78, 5) is 4.67. The molecule has 1 N–H and O–H groups in total. The summed E-state index contributed by atoms with van der Waals surface area (Å²) in [5.41, 5.74) is 2.21. The van der Waals surface area contributed by atoms with E-state index in [1.807, 2.05) is 12.1 Å². The van der Waals surface area contributed by atoms with Crippen LogP contribution >= 0.6 is 11.3 Å². The van der Waals surface area contributed by atoms with Gasteiger partial charge in [-0.3, -0.25) is 0 Å². The van der Waals surface area contributed by atoms with Crippen molar-refractivity contribution in [1.29, 1.82) is 0 Å². The molecular formula is C15H17FN2S. The number of aromatic nitrogens is 1. The van der Waals surface area contributed by atoms with Crippen molar-refractivity contribution >= 4 is 11.3 Å². The van der Waals surface area contributed by atoms with E-state index in [9.17, 15) is 4.39 Å². The average molecular weight is 276 g/mol. The van der Waals surface area contributed by atoms with Gasteiger partial charge < -0.3 is 5.32 Å². The molecule has 1 fully saturated rings. The van der Waals surface area contributed by atoms with E-state index in [0.717, 1.165) is 30.3 Å². The van der Waals surface area contributed by atoms with Crippen LogP contribution in [0.3, 0.4) is 0 Å². The van der Waals surface area contributed by atoms with Crippen LogP contribution in [-0.2, 0) is 13.1 Å². The van der Waals surface area contributed by atoms with Crippen molar-refractivity contribution in [2.75, 3.05) is 0 Å². The van der Waals surface area contributed by atoms with Gasteiger partial charge in [0.1, 0.15) is 5.82 Å². The molecule has 0 atom stereocenters. The number of nitrogens with zero attached hydrogens (tertiary/aromatic N) is 1. The van der Waals surface area contributed by atoms with Crippen LogP contribution in [0, 0.1) is 5.82 Å². The summed E-state index contributed by atoms with van der Waals surface area (Å²) in [5, 5.41) is 6.79. The standard InChI is InChI=1S/C15H17FN2S/c16-13-6-4-11(5-7-13)8-17-9-14-10-19-15(18-14)12-2-1-3-12/h4-7,10,12,17H,1-3,8-9H2. The molecular weight excluding hydrogens is 259 g/mol. The number of nitrogens with one attached hydrogen (secondary N) is 1. The maximum atomic E-state index is 12.8. The lowest BCUT2D eigenvalue weighted by atomic mass is 9.86. The van der Waals surface area contributed by atoms with Crippen LogP contribution in [0.2, 0.25) is 0 Å². The molecule has 0 spiro atoms. The van der Waals surface area contributed by atoms with Crippen LogP contribution in [-0.4, -0.2) is 4.98 Å². The summed E-state index contributed by atoms with van der Waals surface area (Å²) in [6.45, 7) is 1.52. The van der Waals surface area contributed by atoms with Gasteiger partial charge in [-0.25, -0.2) is 9.37 Å². The van der Waals surface area contributed by atoms with Gasteiger partial charge in [-0.2, -0.15) is 0 Å². The van der Waals surface area contributed by atoms with Gasteiger partial charge in [-0.15, -0.1) is 11.3 Å². The van der Waals surface area contributed by atoms with Crippen molar-refractivity contribution in [2.45, 2.75) is 38.3 Å². The lowest BCUT2D eigenvalue weighted by Gasteiger charge is -2.22. The van der Waals surface area contributed by atoms with Gasteiger partial charge >= 0.3 is 0 Å². The van der Waals surface area contributed by atoms with E-state index in [1.165, 1.54) is 36.4 Å². The van der Waals surface area contributed by atoms with Crippen LogP contribution < -0.4 is 5.32 Å². The second-order valence-electron chi connectivity index (χ2n) is 5.03. The Morgan fingerprint density at radius 3 is 2.68 bits per heavy atom. The first-order valence-electron chi connectivity index (χ1n) is 6.71. The van der Waals surface area contributed by atoms with Crippen molar-refractivity contribution < 1.29 is 4.39 Å². The Labute approximate surface area is 116 Å². The highest BCUT2D eigenvalue weighted by molar-refractivity contribution is 7.09. The van der Waals surface area contributed by atoms with Crippen molar-refractivity contribution in [3.8, 4) is 0 Å². The van der Waals surface area contributed by atoms with Gasteiger partial charge in [-0.1, -0.05) is 18.6 Å². The molecule has 1 aliphatic carbocycles. The van der Waals surface area contributed by atoms with Gasteiger partial charge in [0.05, 0.1) is 10.7 Å². The highest BCUT2D eigenvalue weighted by Crippen LogP contribution is 2.37. The van der Waals surface area contributed by atoms with Crippen LogP contribution in [0.25, 0.3) is 0 Å². The monoisotopic (exact) mass is 276 g/mol. The zero-order valence-corrected chi connectivity index (χ0v) is 11.5. The Bertz CT molecular complexity index is 531. The number of hydrogen-bond donors (Lipinski definition) is 1. The minimum atomic E-state index is -0.187. The zero-order valence-electron chi connectivity index (χ0n) is 10.7. The molecule has 0 bridgehead atoms. The van der Waals surface area contributed by atoms with E-state index in [4.69, 9.17) is 0 Å². The van der Waals surface area contributed by atoms with Crippen molar-refractivity contribution in [3.63, 3.8) is 0 Å². The Morgan fingerprint density at radius 2 is 2.00 bits per heavy atom. The average Bonchev–Trinajstić information content (AvgIpc) is 2.78. The largest absolute Gasteiger partial charge is 0.307 e. The third-order valence-electron chi connectivity index (χ3n) is 3.57. The first kappa shape index (κ1) is 12.8. The van der Waals surface area contributed by atoms with E-state index in [-0.39, 0.29) is 5.82 Å². The molecule has 1 aromatic carbocycles. The Morgan fingerprint density at radius 1 is 1.21 bits per heavy atom. The van der Waals surface area contributed by atoms with Gasteiger partial charge in [0.25, 0.3) is 0 Å². The summed E-state index contributed by atoms with van der Waals surface area (Å²) >= 11 is 1.78. The predicted molar refractivity (Wildman–Crippen MR) is 75.6 cm³/mol. The van der Waals surface area contributed by atoms with Gasteiger partial charge in [-0.05, 0) is 30.5 Å². The van der Waals surface area contributed by atoms with Gasteiger partial charge in [0.15, 0.2) is 0 Å². The Hall–Kier alpha value is -1.26. The van der Waals surface area contributed by atoms with E-state index < -0.39 is 0 Å². The highest BCUT2D eigenvalue weighted by Gasteiger charge is 2.22. The molecule has 19 heavy (non-hydrogen) atoms. The Kier molecular flexibility index (Phi) is 3.89. The SMILES string of the molecule is Fc1ccc(CNCc2csc(C3CCC3)n2)cc1. The molecule has 3 rings (SSSR count). The summed E-state index contributed by atoms with van der Waals surface area (Å²) in [5.74, 6) is 0.532. The normalized spacial score (nSPS) is 15.4. The molecule has 100 valence electrons. The lowest BCUT2D eigenvalue weighted by molar-refractivity contribution is 0.417. The first-order valence-corrected chi connectivity index (χ1v) is 7.59. The third kappa shape index (κ3) is 3.19. The maximum absolute atomic E-state index is 12.8. The minimum absolute atomic E-state index is 0.187. The third-order valence-corrected chi connectivity index (χ3v) is 4.63. The fourth-order valence-corrected chi connectivity index (χ4v) is 3.17. The van der Waals surface area contributed by atoms with Crippen LogP contribution in [0.15, 0.2) is 29.6 Å². The minimum Gasteiger partial charge on any atom is -0.307 e. The molecule has 0 aliphatic heterocycles. The predicted octanol–water partition coefficient (Wildman–Crippen LogP) is 3.84. The molecule has 0 radical (unpaired) electrons. The lowest BCUT2D eigenvalue weighted by Crippen LogP contribution is -2.13. The second kappa shape index (κ2) is 5.80. The molecule has 1 aromatic heterocycles. The van der Waals surface area contributed by atoms with Crippen LogP contribution in [0.4, 0.5) is 4.39 Å². The molecule has 0 amide bonds. The summed E-state index contributed by atoms with van der Waals surface area (Å²) in [6, 6.07) is 6.61.